The molecule has 3 heterocycles. The molecule has 1 N–H and O–H groups in total. The first-order valence-electron chi connectivity index (χ1n) is 9.10. The van der Waals surface area contributed by atoms with Crippen molar-refractivity contribution in [3.63, 3.8) is 0 Å². The van der Waals surface area contributed by atoms with Gasteiger partial charge in [-0.25, -0.2) is 14.2 Å². The molecule has 3 aromatic rings. The summed E-state index contributed by atoms with van der Waals surface area (Å²) in [6.45, 7) is 3.11. The van der Waals surface area contributed by atoms with Crippen molar-refractivity contribution in [2.24, 2.45) is 0 Å². The second kappa shape index (κ2) is 8.07. The highest BCUT2D eigenvalue weighted by molar-refractivity contribution is 6.03. The van der Waals surface area contributed by atoms with E-state index in [1.54, 1.807) is 20.8 Å². The normalized spacial score (nSPS) is 13.0. The third-order valence-corrected chi connectivity index (χ3v) is 4.10. The topological polar surface area (TPSA) is 86.3 Å². The smallest absolute Gasteiger partial charge is 0.350 e. The molecular formula is C18H18F6N6O2. The molecule has 3 aromatic heterocycles. The standard InChI is InChI=1S/C18H18F6N6O2/c1-16(2,3)12-5-13(18(22,23)24)30-14(27-12)4-11(28-30)15(31)26-10-6-25-29(7-10)9-32-8-17(19,20)21/h4-7H,8-9H2,1-3H3,(H,26,31). The van der Waals surface area contributed by atoms with Gasteiger partial charge in [-0.15, -0.1) is 0 Å². The maximum atomic E-state index is 13.5. The van der Waals surface area contributed by atoms with Crippen LogP contribution in [-0.4, -0.2) is 43.1 Å². The maximum absolute atomic E-state index is 13.5. The van der Waals surface area contributed by atoms with Gasteiger partial charge in [0.1, 0.15) is 19.0 Å². The van der Waals surface area contributed by atoms with Gasteiger partial charge in [-0.2, -0.15) is 36.5 Å². The van der Waals surface area contributed by atoms with Crippen LogP contribution in [0.25, 0.3) is 5.65 Å². The fraction of sp³-hybridized carbons (Fsp3) is 0.444. The van der Waals surface area contributed by atoms with E-state index in [2.05, 4.69) is 25.2 Å². The van der Waals surface area contributed by atoms with E-state index in [0.29, 0.717) is 4.52 Å². The number of rotatable bonds is 5. The van der Waals surface area contributed by atoms with Crippen LogP contribution in [0.3, 0.4) is 0 Å². The number of aromatic nitrogens is 5. The number of fused-ring (bicyclic) bond motifs is 1. The van der Waals surface area contributed by atoms with Crippen LogP contribution < -0.4 is 5.32 Å². The van der Waals surface area contributed by atoms with E-state index in [0.717, 1.165) is 23.0 Å². The Morgan fingerprint density at radius 3 is 2.41 bits per heavy atom. The molecule has 0 spiro atoms. The van der Waals surface area contributed by atoms with Crippen LogP contribution in [0.2, 0.25) is 0 Å². The average Bonchev–Trinajstić information content (AvgIpc) is 3.24. The van der Waals surface area contributed by atoms with Crippen LogP contribution in [0, 0.1) is 0 Å². The van der Waals surface area contributed by atoms with Crippen molar-refractivity contribution < 1.29 is 35.9 Å². The summed E-state index contributed by atoms with van der Waals surface area (Å²) in [5, 5.41) is 9.82. The summed E-state index contributed by atoms with van der Waals surface area (Å²) >= 11 is 0. The lowest BCUT2D eigenvalue weighted by Crippen LogP contribution is -2.20. The van der Waals surface area contributed by atoms with Crippen LogP contribution in [0.1, 0.15) is 42.6 Å². The van der Waals surface area contributed by atoms with Gasteiger partial charge < -0.3 is 10.1 Å². The summed E-state index contributed by atoms with van der Waals surface area (Å²) in [6, 6.07) is 1.99. The predicted molar refractivity (Wildman–Crippen MR) is 98.9 cm³/mol. The second-order valence-electron chi connectivity index (χ2n) is 7.89. The number of anilines is 1. The fourth-order valence-electron chi connectivity index (χ4n) is 2.62. The molecule has 0 aromatic carbocycles. The van der Waals surface area contributed by atoms with E-state index in [9.17, 15) is 31.1 Å². The third-order valence-electron chi connectivity index (χ3n) is 4.10. The molecule has 0 saturated carbocycles. The van der Waals surface area contributed by atoms with Crippen molar-refractivity contribution in [1.29, 1.82) is 0 Å². The first kappa shape index (κ1) is 23.5. The number of ether oxygens (including phenoxy) is 1. The number of alkyl halides is 6. The van der Waals surface area contributed by atoms with Gasteiger partial charge in [-0.1, -0.05) is 20.8 Å². The largest absolute Gasteiger partial charge is 0.433 e. The Labute approximate surface area is 177 Å². The number of carbonyl (C=O) groups excluding carboxylic acids is 1. The van der Waals surface area contributed by atoms with Gasteiger partial charge in [-0.05, 0) is 6.07 Å². The first-order chi connectivity index (χ1) is 14.6. The fourth-order valence-corrected chi connectivity index (χ4v) is 2.62. The Kier molecular flexibility index (Phi) is 5.93. The zero-order chi connectivity index (χ0) is 23.9. The van der Waals surface area contributed by atoms with Crippen LogP contribution >= 0.6 is 0 Å². The quantitative estimate of drug-likeness (QED) is 0.577. The van der Waals surface area contributed by atoms with Crippen molar-refractivity contribution in [3.8, 4) is 0 Å². The minimum Gasteiger partial charge on any atom is -0.350 e. The average molecular weight is 464 g/mol. The lowest BCUT2D eigenvalue weighted by Gasteiger charge is -2.19. The molecule has 0 atom stereocenters. The highest BCUT2D eigenvalue weighted by Gasteiger charge is 2.36. The number of amides is 1. The molecule has 0 bridgehead atoms. The number of hydrogen-bond donors (Lipinski definition) is 1. The van der Waals surface area contributed by atoms with E-state index in [4.69, 9.17) is 0 Å². The highest BCUT2D eigenvalue weighted by atomic mass is 19.4. The van der Waals surface area contributed by atoms with Crippen LogP contribution in [0.15, 0.2) is 24.5 Å². The Hall–Kier alpha value is -3.16. The second-order valence-corrected chi connectivity index (χ2v) is 7.89. The van der Waals surface area contributed by atoms with Gasteiger partial charge in [0.05, 0.1) is 23.8 Å². The van der Waals surface area contributed by atoms with E-state index in [-0.39, 0.29) is 22.7 Å². The first-order valence-corrected chi connectivity index (χ1v) is 9.10. The lowest BCUT2D eigenvalue weighted by molar-refractivity contribution is -0.182. The molecule has 32 heavy (non-hydrogen) atoms. The highest BCUT2D eigenvalue weighted by Crippen LogP contribution is 2.32. The van der Waals surface area contributed by atoms with Gasteiger partial charge in [0, 0.05) is 11.5 Å². The molecule has 0 aliphatic rings. The minimum absolute atomic E-state index is 0.0852. The van der Waals surface area contributed by atoms with Gasteiger partial charge in [0.2, 0.25) is 0 Å². The Morgan fingerprint density at radius 1 is 1.12 bits per heavy atom. The molecule has 0 radical (unpaired) electrons. The number of carbonyl (C=O) groups is 1. The molecule has 3 rings (SSSR count). The van der Waals surface area contributed by atoms with E-state index < -0.39 is 42.7 Å². The number of nitrogens with zero attached hydrogens (tertiary/aromatic N) is 5. The molecule has 14 heteroatoms. The molecule has 174 valence electrons. The zero-order valence-corrected chi connectivity index (χ0v) is 17.0. The van der Waals surface area contributed by atoms with Crippen molar-refractivity contribution in [3.05, 3.63) is 41.6 Å². The Morgan fingerprint density at radius 2 is 1.81 bits per heavy atom. The van der Waals surface area contributed by atoms with Crippen molar-refractivity contribution in [2.75, 3.05) is 11.9 Å². The zero-order valence-electron chi connectivity index (χ0n) is 17.0. The van der Waals surface area contributed by atoms with Crippen molar-refractivity contribution >= 4 is 17.2 Å². The number of hydrogen-bond acceptors (Lipinski definition) is 5. The predicted octanol–water partition coefficient (Wildman–Crippen LogP) is 4.03. The molecule has 0 aliphatic carbocycles. The molecule has 8 nitrogen and oxygen atoms in total. The maximum Gasteiger partial charge on any atom is 0.433 e. The summed E-state index contributed by atoms with van der Waals surface area (Å²) in [4.78, 5) is 16.7. The van der Waals surface area contributed by atoms with Crippen LogP contribution in [0.4, 0.5) is 32.0 Å². The van der Waals surface area contributed by atoms with Crippen LogP contribution in [0.5, 0.6) is 0 Å². The van der Waals surface area contributed by atoms with Gasteiger partial charge in [0.15, 0.2) is 11.3 Å². The summed E-state index contributed by atoms with van der Waals surface area (Å²) in [6.07, 6.45) is -6.90. The van der Waals surface area contributed by atoms with Gasteiger partial charge in [0.25, 0.3) is 5.91 Å². The third kappa shape index (κ3) is 5.55. The summed E-state index contributed by atoms with van der Waals surface area (Å²) in [5.74, 6) is -0.850. The monoisotopic (exact) mass is 464 g/mol. The van der Waals surface area contributed by atoms with Crippen LogP contribution in [-0.2, 0) is 23.1 Å². The Bertz CT molecular complexity index is 1130. The van der Waals surface area contributed by atoms with E-state index >= 15 is 0 Å². The Balaban J connectivity index is 1.82. The van der Waals surface area contributed by atoms with Crippen molar-refractivity contribution in [1.82, 2.24) is 24.4 Å². The number of nitrogens with one attached hydrogen (secondary N) is 1. The minimum atomic E-state index is -4.74. The van der Waals surface area contributed by atoms with Crippen molar-refractivity contribution in [2.45, 2.75) is 45.3 Å². The molecule has 0 fully saturated rings. The molecule has 1 amide bonds. The van der Waals surface area contributed by atoms with E-state index in [1.165, 1.54) is 6.20 Å². The van der Waals surface area contributed by atoms with E-state index in [1.807, 2.05) is 0 Å². The van der Waals surface area contributed by atoms with Gasteiger partial charge >= 0.3 is 12.4 Å². The summed E-state index contributed by atoms with van der Waals surface area (Å²) in [7, 11) is 0. The SMILES string of the molecule is CC(C)(C)c1cc(C(F)(F)F)n2nc(C(=O)Nc3cnn(COCC(F)(F)F)c3)cc2n1. The summed E-state index contributed by atoms with van der Waals surface area (Å²) in [5.41, 5.74) is -2.01. The number of halogens is 6. The lowest BCUT2D eigenvalue weighted by atomic mass is 9.91. The molecule has 0 unspecified atom stereocenters. The summed E-state index contributed by atoms with van der Waals surface area (Å²) < 4.78 is 82.9. The molecular weight excluding hydrogens is 446 g/mol. The molecule has 0 aliphatic heterocycles. The van der Waals surface area contributed by atoms with Gasteiger partial charge in [-0.3, -0.25) is 4.79 Å². The molecule has 0 saturated heterocycles.